The number of aromatic hydroxyl groups is 1. The Morgan fingerprint density at radius 1 is 1.20 bits per heavy atom. The van der Waals surface area contributed by atoms with Gasteiger partial charge in [-0.3, -0.25) is 0 Å². The molecule has 1 aromatic carbocycles. The topological polar surface area (TPSA) is 57.5 Å². The highest BCUT2D eigenvalue weighted by molar-refractivity contribution is 5.93. The molecular formula is C17H24O3. The highest BCUT2D eigenvalue weighted by Gasteiger charge is 2.17. The van der Waals surface area contributed by atoms with Gasteiger partial charge in [-0.15, -0.1) is 0 Å². The number of aryl methyl sites for hydroxylation is 1. The van der Waals surface area contributed by atoms with Crippen molar-refractivity contribution in [2.24, 2.45) is 0 Å². The molecule has 0 aliphatic heterocycles. The molecule has 0 saturated carbocycles. The molecule has 0 unspecified atom stereocenters. The maximum atomic E-state index is 11.4. The van der Waals surface area contributed by atoms with Gasteiger partial charge in [0.05, 0.1) is 0 Å². The van der Waals surface area contributed by atoms with Gasteiger partial charge < -0.3 is 10.2 Å². The summed E-state index contributed by atoms with van der Waals surface area (Å²) in [7, 11) is 0. The van der Waals surface area contributed by atoms with E-state index in [1.54, 1.807) is 0 Å². The molecule has 0 bridgehead atoms. The second-order valence-corrected chi connectivity index (χ2v) is 5.36. The molecule has 0 fully saturated rings. The van der Waals surface area contributed by atoms with Gasteiger partial charge in [-0.25, -0.2) is 4.79 Å². The Labute approximate surface area is 121 Å². The van der Waals surface area contributed by atoms with Gasteiger partial charge in [-0.05, 0) is 44.2 Å². The lowest BCUT2D eigenvalue weighted by atomic mass is 9.96. The van der Waals surface area contributed by atoms with Crippen molar-refractivity contribution in [2.75, 3.05) is 0 Å². The fraction of sp³-hybridized carbons (Fsp3) is 0.471. The summed E-state index contributed by atoms with van der Waals surface area (Å²) in [5, 5.41) is 19.5. The Bertz CT molecular complexity index is 497. The highest BCUT2D eigenvalue weighted by Crippen LogP contribution is 2.28. The molecule has 20 heavy (non-hydrogen) atoms. The number of carboxylic acid groups (broad SMARTS) is 1. The number of hydrogen-bond acceptors (Lipinski definition) is 2. The van der Waals surface area contributed by atoms with Crippen molar-refractivity contribution in [2.45, 2.75) is 52.9 Å². The van der Waals surface area contributed by atoms with Crippen molar-refractivity contribution >= 4 is 5.97 Å². The van der Waals surface area contributed by atoms with Crippen LogP contribution in [-0.2, 0) is 12.8 Å². The van der Waals surface area contributed by atoms with Gasteiger partial charge in [0.15, 0.2) is 0 Å². The second kappa shape index (κ2) is 7.73. The molecule has 0 atom stereocenters. The average Bonchev–Trinajstić information content (AvgIpc) is 2.37. The number of hydrogen-bond donors (Lipinski definition) is 2. The smallest absolute Gasteiger partial charge is 0.339 e. The van der Waals surface area contributed by atoms with Gasteiger partial charge >= 0.3 is 5.97 Å². The molecule has 2 N–H and O–H groups in total. The molecule has 1 rings (SSSR count). The first-order valence-electron chi connectivity index (χ1n) is 7.17. The molecule has 0 heterocycles. The summed E-state index contributed by atoms with van der Waals surface area (Å²) in [6.07, 6.45) is 6.35. The maximum Gasteiger partial charge on any atom is 0.339 e. The van der Waals surface area contributed by atoms with Crippen LogP contribution in [0.5, 0.6) is 5.75 Å². The number of unbranched alkanes of at least 4 members (excludes halogenated alkanes) is 2. The van der Waals surface area contributed by atoms with Crippen LogP contribution in [0.1, 0.15) is 61.5 Å². The Kier molecular flexibility index (Phi) is 6.29. The summed E-state index contributed by atoms with van der Waals surface area (Å²) >= 11 is 0. The lowest BCUT2D eigenvalue weighted by Gasteiger charge is -2.11. The molecule has 3 nitrogen and oxygen atoms in total. The normalized spacial score (nSPS) is 10.3. The van der Waals surface area contributed by atoms with E-state index in [-0.39, 0.29) is 11.3 Å². The number of allylic oxidation sites excluding steroid dienone is 2. The van der Waals surface area contributed by atoms with Crippen molar-refractivity contribution < 1.29 is 15.0 Å². The van der Waals surface area contributed by atoms with Crippen LogP contribution in [0.3, 0.4) is 0 Å². The van der Waals surface area contributed by atoms with E-state index < -0.39 is 5.97 Å². The zero-order valence-electron chi connectivity index (χ0n) is 12.6. The van der Waals surface area contributed by atoms with E-state index in [9.17, 15) is 15.0 Å². The first-order chi connectivity index (χ1) is 9.47. The third kappa shape index (κ3) is 4.41. The third-order valence-electron chi connectivity index (χ3n) is 3.34. The molecule has 3 heteroatoms. The average molecular weight is 276 g/mol. The Balaban J connectivity index is 3.06. The lowest BCUT2D eigenvalue weighted by Crippen LogP contribution is -2.05. The number of carbonyl (C=O) groups is 1. The molecule has 0 spiro atoms. The molecular weight excluding hydrogens is 252 g/mol. The van der Waals surface area contributed by atoms with Gasteiger partial charge in [0.25, 0.3) is 0 Å². The SMILES string of the molecule is CCCCCc1ccc(CC=C(C)C)c(O)c1C(=O)O. The monoisotopic (exact) mass is 276 g/mol. The largest absolute Gasteiger partial charge is 0.507 e. The highest BCUT2D eigenvalue weighted by atomic mass is 16.4. The van der Waals surface area contributed by atoms with Crippen molar-refractivity contribution in [3.8, 4) is 5.75 Å². The fourth-order valence-corrected chi connectivity index (χ4v) is 2.17. The van der Waals surface area contributed by atoms with Crippen LogP contribution in [0.2, 0.25) is 0 Å². The lowest BCUT2D eigenvalue weighted by molar-refractivity contribution is 0.0692. The predicted molar refractivity (Wildman–Crippen MR) is 81.4 cm³/mol. The van der Waals surface area contributed by atoms with Crippen LogP contribution >= 0.6 is 0 Å². The van der Waals surface area contributed by atoms with E-state index in [4.69, 9.17) is 0 Å². The molecule has 0 aromatic heterocycles. The molecule has 0 aliphatic rings. The minimum absolute atomic E-state index is 0.0701. The number of phenols is 1. The number of carboxylic acids is 1. The van der Waals surface area contributed by atoms with Crippen LogP contribution in [0.25, 0.3) is 0 Å². The van der Waals surface area contributed by atoms with Gasteiger partial charge in [-0.1, -0.05) is 43.5 Å². The van der Waals surface area contributed by atoms with Gasteiger partial charge in [0.2, 0.25) is 0 Å². The van der Waals surface area contributed by atoms with Crippen LogP contribution < -0.4 is 0 Å². The van der Waals surface area contributed by atoms with E-state index in [1.165, 1.54) is 0 Å². The number of benzene rings is 1. The van der Waals surface area contributed by atoms with Crippen LogP contribution in [0.15, 0.2) is 23.8 Å². The van der Waals surface area contributed by atoms with Crippen LogP contribution in [0, 0.1) is 0 Å². The summed E-state index contributed by atoms with van der Waals surface area (Å²) in [4.78, 5) is 11.4. The first-order valence-corrected chi connectivity index (χ1v) is 7.17. The van der Waals surface area contributed by atoms with Gasteiger partial charge in [0.1, 0.15) is 11.3 Å². The van der Waals surface area contributed by atoms with Crippen molar-refractivity contribution in [3.05, 3.63) is 40.5 Å². The Hall–Kier alpha value is -1.77. The summed E-state index contributed by atoms with van der Waals surface area (Å²) in [5.41, 5.74) is 2.61. The second-order valence-electron chi connectivity index (χ2n) is 5.36. The third-order valence-corrected chi connectivity index (χ3v) is 3.34. The zero-order valence-corrected chi connectivity index (χ0v) is 12.6. The predicted octanol–water partition coefficient (Wildman–Crippen LogP) is 4.33. The van der Waals surface area contributed by atoms with Crippen LogP contribution in [0.4, 0.5) is 0 Å². The molecule has 0 aliphatic carbocycles. The maximum absolute atomic E-state index is 11.4. The van der Waals surface area contributed by atoms with Crippen LogP contribution in [-0.4, -0.2) is 16.2 Å². The fourth-order valence-electron chi connectivity index (χ4n) is 2.17. The quantitative estimate of drug-likeness (QED) is 0.575. The summed E-state index contributed by atoms with van der Waals surface area (Å²) in [6.45, 7) is 6.07. The summed E-state index contributed by atoms with van der Waals surface area (Å²) in [6, 6.07) is 3.68. The minimum atomic E-state index is -1.05. The summed E-state index contributed by atoms with van der Waals surface area (Å²) < 4.78 is 0. The van der Waals surface area contributed by atoms with E-state index in [0.29, 0.717) is 18.4 Å². The number of aromatic carboxylic acids is 1. The Morgan fingerprint density at radius 2 is 1.85 bits per heavy atom. The first kappa shape index (κ1) is 16.3. The standard InChI is InChI=1S/C17H24O3/c1-4-5-6-7-13-10-11-14(9-8-12(2)3)16(18)15(13)17(19)20/h8,10-11,18H,4-7,9H2,1-3H3,(H,19,20). The molecule has 0 amide bonds. The summed E-state index contributed by atoms with van der Waals surface area (Å²) in [5.74, 6) is -1.13. The minimum Gasteiger partial charge on any atom is -0.507 e. The van der Waals surface area contributed by atoms with E-state index >= 15 is 0 Å². The van der Waals surface area contributed by atoms with Crippen molar-refractivity contribution in [3.63, 3.8) is 0 Å². The van der Waals surface area contributed by atoms with Crippen molar-refractivity contribution in [1.82, 2.24) is 0 Å². The molecule has 0 saturated heterocycles. The van der Waals surface area contributed by atoms with Gasteiger partial charge in [0, 0.05) is 0 Å². The zero-order chi connectivity index (χ0) is 15.1. The van der Waals surface area contributed by atoms with E-state index in [2.05, 4.69) is 6.92 Å². The van der Waals surface area contributed by atoms with Gasteiger partial charge in [-0.2, -0.15) is 0 Å². The number of rotatable bonds is 7. The van der Waals surface area contributed by atoms with E-state index in [1.807, 2.05) is 32.1 Å². The molecule has 0 radical (unpaired) electrons. The molecule has 110 valence electrons. The van der Waals surface area contributed by atoms with E-state index in [0.717, 1.165) is 30.4 Å². The molecule has 1 aromatic rings. The Morgan fingerprint density at radius 3 is 2.40 bits per heavy atom. The van der Waals surface area contributed by atoms with Crippen molar-refractivity contribution in [1.29, 1.82) is 0 Å².